The van der Waals surface area contributed by atoms with E-state index < -0.39 is 22.9 Å². The van der Waals surface area contributed by atoms with Gasteiger partial charge in [0.15, 0.2) is 11.1 Å². The molecule has 1 aliphatic heterocycles. The summed E-state index contributed by atoms with van der Waals surface area (Å²) >= 11 is -2.05. The van der Waals surface area contributed by atoms with Crippen molar-refractivity contribution in [3.63, 3.8) is 0 Å². The third-order valence-corrected chi connectivity index (χ3v) is 5.14. The van der Waals surface area contributed by atoms with Crippen LogP contribution in [0.4, 0.5) is 4.39 Å². The van der Waals surface area contributed by atoms with Gasteiger partial charge in [-0.05, 0) is 28.0 Å². The second-order valence-corrected chi connectivity index (χ2v) is 7.17. The number of rotatable bonds is 4. The van der Waals surface area contributed by atoms with E-state index >= 15 is 0 Å². The van der Waals surface area contributed by atoms with Crippen molar-refractivity contribution < 1.29 is 22.7 Å². The minimum absolute atomic E-state index is 0.0143. The summed E-state index contributed by atoms with van der Waals surface area (Å²) in [6.45, 7) is -0.0143. The number of hydrogen-bond acceptors (Lipinski definition) is 3. The Morgan fingerprint density at radius 2 is 1.81 bits per heavy atom. The molecule has 0 fully saturated rings. The van der Waals surface area contributed by atoms with Gasteiger partial charge in [-0.1, -0.05) is 54.6 Å². The Bertz CT molecular complexity index is 1110. The monoisotopic (exact) mass is 382 g/mol. The van der Waals surface area contributed by atoms with Gasteiger partial charge in [0.1, 0.15) is 12.4 Å². The van der Waals surface area contributed by atoms with Crippen molar-refractivity contribution in [2.24, 2.45) is 0 Å². The molecule has 1 aliphatic rings. The maximum absolute atomic E-state index is 14.7. The molecule has 1 heterocycles. The zero-order valence-corrected chi connectivity index (χ0v) is 15.0. The van der Waals surface area contributed by atoms with E-state index in [1.54, 1.807) is 6.07 Å². The summed E-state index contributed by atoms with van der Waals surface area (Å²) in [5.41, 5.74) is 2.20. The average molecular weight is 382 g/mol. The Morgan fingerprint density at radius 1 is 1.04 bits per heavy atom. The van der Waals surface area contributed by atoms with Crippen LogP contribution in [0.2, 0.25) is 0 Å². The molecule has 27 heavy (non-hydrogen) atoms. The lowest BCUT2D eigenvalue weighted by Gasteiger charge is -2.10. The van der Waals surface area contributed by atoms with Crippen LogP contribution >= 0.6 is 0 Å². The average Bonchev–Trinajstić information content (AvgIpc) is 3.02. The van der Waals surface area contributed by atoms with Crippen LogP contribution in [-0.4, -0.2) is 21.3 Å². The molecular formula is C21H15FO4S. The van der Waals surface area contributed by atoms with Gasteiger partial charge >= 0.3 is 5.97 Å². The van der Waals surface area contributed by atoms with Gasteiger partial charge in [-0.3, -0.25) is 0 Å². The molecule has 1 atom stereocenters. The van der Waals surface area contributed by atoms with E-state index in [9.17, 15) is 13.4 Å². The number of halogens is 1. The van der Waals surface area contributed by atoms with Gasteiger partial charge in [-0.2, -0.15) is 0 Å². The minimum Gasteiger partial charge on any atom is -0.457 e. The number of carbonyl (C=O) groups excluding carboxylic acids is 1. The third kappa shape index (κ3) is 3.29. The van der Waals surface area contributed by atoms with Crippen LogP contribution in [0.25, 0.3) is 21.9 Å². The number of esters is 1. The number of ether oxygens (including phenoxy) is 1. The normalized spacial score (nSPS) is 15.3. The van der Waals surface area contributed by atoms with Crippen molar-refractivity contribution in [1.29, 1.82) is 0 Å². The summed E-state index contributed by atoms with van der Waals surface area (Å²) in [5.74, 6) is -1.19. The van der Waals surface area contributed by atoms with E-state index in [0.29, 0.717) is 22.3 Å². The predicted molar refractivity (Wildman–Crippen MR) is 103 cm³/mol. The molecule has 3 aromatic rings. The van der Waals surface area contributed by atoms with Crippen LogP contribution in [0.1, 0.15) is 16.7 Å². The molecule has 3 aromatic carbocycles. The first-order chi connectivity index (χ1) is 13.0. The number of cyclic esters (lactones) is 1. The molecule has 0 saturated carbocycles. The standard InChI is InChI=1S/C21H15FO4S/c22-19-10-13(12-27(24)25)8-9-16(19)18-11-26-21(23)20(18)17-7-3-5-14-4-1-2-6-15(14)17/h1-10H,11-12H2,(H,24,25). The lowest BCUT2D eigenvalue weighted by molar-refractivity contribution is -0.133. The second-order valence-electron chi connectivity index (χ2n) is 6.24. The molecular weight excluding hydrogens is 367 g/mol. The molecule has 0 amide bonds. The highest BCUT2D eigenvalue weighted by Gasteiger charge is 2.29. The first-order valence-corrected chi connectivity index (χ1v) is 9.57. The largest absolute Gasteiger partial charge is 0.457 e. The van der Waals surface area contributed by atoms with Crippen LogP contribution in [-0.2, 0) is 26.4 Å². The summed E-state index contributed by atoms with van der Waals surface area (Å²) in [5, 5.41) is 1.86. The maximum Gasteiger partial charge on any atom is 0.339 e. The Kier molecular flexibility index (Phi) is 4.59. The van der Waals surface area contributed by atoms with Crippen molar-refractivity contribution in [2.75, 3.05) is 6.61 Å². The van der Waals surface area contributed by atoms with Gasteiger partial charge in [0.2, 0.25) is 0 Å². The molecule has 6 heteroatoms. The third-order valence-electron chi connectivity index (χ3n) is 4.56. The van der Waals surface area contributed by atoms with Crippen LogP contribution in [0.3, 0.4) is 0 Å². The summed E-state index contributed by atoms with van der Waals surface area (Å²) in [4.78, 5) is 12.5. The molecule has 4 nitrogen and oxygen atoms in total. The van der Waals surface area contributed by atoms with E-state index in [0.717, 1.165) is 10.8 Å². The fourth-order valence-corrected chi connectivity index (χ4v) is 3.83. The first-order valence-electron chi connectivity index (χ1n) is 8.29. The smallest absolute Gasteiger partial charge is 0.339 e. The highest BCUT2D eigenvalue weighted by Crippen LogP contribution is 2.37. The fraction of sp³-hybridized carbons (Fsp3) is 0.0952. The SMILES string of the molecule is O=C1OCC(c2ccc(CS(=O)O)cc2F)=C1c1cccc2ccccc12. The number of hydrogen-bond donors (Lipinski definition) is 1. The highest BCUT2D eigenvalue weighted by molar-refractivity contribution is 7.78. The first kappa shape index (κ1) is 17.6. The van der Waals surface area contributed by atoms with Gasteiger partial charge in [0.05, 0.1) is 11.3 Å². The summed E-state index contributed by atoms with van der Waals surface area (Å²) in [6.07, 6.45) is 0. The van der Waals surface area contributed by atoms with Crippen LogP contribution in [0.5, 0.6) is 0 Å². The van der Waals surface area contributed by atoms with Crippen LogP contribution in [0, 0.1) is 5.82 Å². The molecule has 0 bridgehead atoms. The van der Waals surface area contributed by atoms with Gasteiger partial charge in [0.25, 0.3) is 0 Å². The van der Waals surface area contributed by atoms with E-state index in [-0.39, 0.29) is 17.9 Å². The fourth-order valence-electron chi connectivity index (χ4n) is 3.37. The lowest BCUT2D eigenvalue weighted by atomic mass is 9.92. The van der Waals surface area contributed by atoms with Crippen molar-refractivity contribution in [3.8, 4) is 0 Å². The topological polar surface area (TPSA) is 63.6 Å². The zero-order chi connectivity index (χ0) is 19.0. The predicted octanol–water partition coefficient (Wildman–Crippen LogP) is 4.17. The molecule has 0 aliphatic carbocycles. The Morgan fingerprint density at radius 3 is 2.59 bits per heavy atom. The van der Waals surface area contributed by atoms with Gasteiger partial charge in [-0.25, -0.2) is 13.4 Å². The Labute approximate surface area is 157 Å². The highest BCUT2D eigenvalue weighted by atomic mass is 32.2. The van der Waals surface area contributed by atoms with Crippen molar-refractivity contribution in [3.05, 3.63) is 83.2 Å². The Hall–Kier alpha value is -2.83. The van der Waals surface area contributed by atoms with Crippen molar-refractivity contribution in [2.45, 2.75) is 5.75 Å². The molecule has 0 spiro atoms. The van der Waals surface area contributed by atoms with Gasteiger partial charge in [0, 0.05) is 11.1 Å². The van der Waals surface area contributed by atoms with E-state index in [1.807, 2.05) is 42.5 Å². The molecule has 1 N–H and O–H groups in total. The molecule has 0 saturated heterocycles. The van der Waals surface area contributed by atoms with Crippen molar-refractivity contribution >= 4 is 39.0 Å². The molecule has 0 radical (unpaired) electrons. The van der Waals surface area contributed by atoms with E-state index in [2.05, 4.69) is 0 Å². The molecule has 0 aromatic heterocycles. The van der Waals surface area contributed by atoms with Crippen LogP contribution < -0.4 is 0 Å². The summed E-state index contributed by atoms with van der Waals surface area (Å²) in [7, 11) is 0. The summed E-state index contributed by atoms with van der Waals surface area (Å²) < 4.78 is 39.8. The maximum atomic E-state index is 14.7. The molecule has 4 rings (SSSR count). The number of fused-ring (bicyclic) bond motifs is 1. The van der Waals surface area contributed by atoms with E-state index in [4.69, 9.17) is 9.29 Å². The Balaban J connectivity index is 1.89. The molecule has 1 unspecified atom stereocenters. The second kappa shape index (κ2) is 7.06. The molecule has 136 valence electrons. The van der Waals surface area contributed by atoms with Gasteiger partial charge < -0.3 is 9.29 Å². The van der Waals surface area contributed by atoms with Gasteiger partial charge in [-0.15, -0.1) is 0 Å². The van der Waals surface area contributed by atoms with Crippen LogP contribution in [0.15, 0.2) is 60.7 Å². The minimum atomic E-state index is -2.05. The quantitative estimate of drug-likeness (QED) is 0.543. The van der Waals surface area contributed by atoms with E-state index in [1.165, 1.54) is 12.1 Å². The number of carbonyl (C=O) groups is 1. The lowest BCUT2D eigenvalue weighted by Crippen LogP contribution is -2.00. The zero-order valence-electron chi connectivity index (χ0n) is 14.1. The van der Waals surface area contributed by atoms with Crippen molar-refractivity contribution in [1.82, 2.24) is 0 Å². The number of benzene rings is 3. The summed E-state index contributed by atoms with van der Waals surface area (Å²) in [6, 6.07) is 17.6.